The Kier molecular flexibility index (Phi) is 7.03. The summed E-state index contributed by atoms with van der Waals surface area (Å²) in [5, 5.41) is 3.98. The molecule has 0 bridgehead atoms. The van der Waals surface area contributed by atoms with E-state index in [1.165, 1.54) is 6.08 Å². The second kappa shape index (κ2) is 9.69. The van der Waals surface area contributed by atoms with Crippen molar-refractivity contribution in [3.63, 3.8) is 0 Å². The van der Waals surface area contributed by atoms with Crippen LogP contribution in [-0.4, -0.2) is 29.7 Å². The van der Waals surface area contributed by atoms with Crippen molar-refractivity contribution in [2.24, 2.45) is 7.05 Å². The lowest BCUT2D eigenvalue weighted by molar-refractivity contribution is -0.117. The highest BCUT2D eigenvalue weighted by atomic mass is 35.5. The maximum Gasteiger partial charge on any atom is 0.244 e. The number of carbonyl (C=O) groups is 1. The average molecular weight is 446 g/mol. The Morgan fingerprint density at radius 2 is 1.83 bits per heavy atom. The molecular weight excluding hydrogens is 425 g/mol. The van der Waals surface area contributed by atoms with Gasteiger partial charge in [-0.3, -0.25) is 4.79 Å². The van der Waals surface area contributed by atoms with E-state index in [2.05, 4.69) is 10.3 Å². The number of aryl methyl sites for hydroxylation is 1. The molecule has 0 aliphatic heterocycles. The highest BCUT2D eigenvalue weighted by molar-refractivity contribution is 6.35. The van der Waals surface area contributed by atoms with Gasteiger partial charge in [0, 0.05) is 41.6 Å². The molecule has 1 amide bonds. The third-order valence-corrected chi connectivity index (χ3v) is 5.05. The molecule has 0 saturated heterocycles. The molecule has 1 atom stereocenters. The van der Waals surface area contributed by atoms with E-state index in [9.17, 15) is 4.79 Å². The lowest BCUT2D eigenvalue weighted by atomic mass is 10.0. The van der Waals surface area contributed by atoms with Crippen molar-refractivity contribution in [3.8, 4) is 11.5 Å². The number of benzene rings is 2. The van der Waals surface area contributed by atoms with Crippen LogP contribution in [0.4, 0.5) is 0 Å². The standard InChI is InChI=1S/C22H21Cl2N3O3/c1-27-9-8-25-22(27)21(15-10-17(29-2)13-18(11-15)30-3)26-20(28)7-5-14-4-6-16(23)12-19(14)24/h4-13,21H,1-3H3,(H,26,28)/b7-5+. The number of aromatic nitrogens is 2. The summed E-state index contributed by atoms with van der Waals surface area (Å²) in [6.45, 7) is 0. The maximum absolute atomic E-state index is 12.7. The number of carbonyl (C=O) groups excluding carboxylic acids is 1. The van der Waals surface area contributed by atoms with E-state index in [0.29, 0.717) is 32.9 Å². The van der Waals surface area contributed by atoms with Crippen LogP contribution < -0.4 is 14.8 Å². The monoisotopic (exact) mass is 445 g/mol. The van der Waals surface area contributed by atoms with Crippen molar-refractivity contribution in [1.29, 1.82) is 0 Å². The Hall–Kier alpha value is -2.96. The number of ether oxygens (including phenoxy) is 2. The first kappa shape index (κ1) is 21.7. The lowest BCUT2D eigenvalue weighted by Gasteiger charge is -2.20. The van der Waals surface area contributed by atoms with Crippen LogP contribution in [0, 0.1) is 0 Å². The van der Waals surface area contributed by atoms with Crippen molar-refractivity contribution in [3.05, 3.63) is 81.9 Å². The summed E-state index contributed by atoms with van der Waals surface area (Å²) < 4.78 is 12.6. The van der Waals surface area contributed by atoms with E-state index >= 15 is 0 Å². The molecule has 1 N–H and O–H groups in total. The average Bonchev–Trinajstić information content (AvgIpc) is 3.16. The van der Waals surface area contributed by atoms with E-state index in [0.717, 1.165) is 5.56 Å². The molecule has 1 aromatic heterocycles. The van der Waals surface area contributed by atoms with Gasteiger partial charge in [0.05, 0.1) is 14.2 Å². The SMILES string of the molecule is COc1cc(OC)cc(C(NC(=O)/C=C/c2ccc(Cl)cc2Cl)c2nccn2C)c1. The normalized spacial score (nSPS) is 12.0. The van der Waals surface area contributed by atoms with Crippen LogP contribution >= 0.6 is 23.2 Å². The van der Waals surface area contributed by atoms with Crippen molar-refractivity contribution in [2.75, 3.05) is 14.2 Å². The molecule has 3 aromatic rings. The summed E-state index contributed by atoms with van der Waals surface area (Å²) in [6, 6.07) is 10.0. The molecule has 0 aliphatic carbocycles. The highest BCUT2D eigenvalue weighted by Crippen LogP contribution is 2.29. The van der Waals surface area contributed by atoms with Crippen LogP contribution in [0.15, 0.2) is 54.9 Å². The number of hydrogen-bond donors (Lipinski definition) is 1. The Bertz CT molecular complexity index is 1060. The van der Waals surface area contributed by atoms with Crippen LogP contribution in [0.3, 0.4) is 0 Å². The number of imidazole rings is 1. The lowest BCUT2D eigenvalue weighted by Crippen LogP contribution is -2.29. The zero-order valence-corrected chi connectivity index (χ0v) is 18.2. The minimum atomic E-state index is -0.521. The molecule has 2 aromatic carbocycles. The molecule has 156 valence electrons. The van der Waals surface area contributed by atoms with Gasteiger partial charge in [-0.2, -0.15) is 0 Å². The number of amides is 1. The quantitative estimate of drug-likeness (QED) is 0.536. The van der Waals surface area contributed by atoms with Crippen LogP contribution in [0.2, 0.25) is 10.0 Å². The van der Waals surface area contributed by atoms with Crippen LogP contribution in [0.1, 0.15) is 23.0 Å². The number of methoxy groups -OCH3 is 2. The first-order valence-electron chi connectivity index (χ1n) is 9.05. The molecular formula is C22H21Cl2N3O3. The molecule has 30 heavy (non-hydrogen) atoms. The van der Waals surface area contributed by atoms with Gasteiger partial charge >= 0.3 is 0 Å². The van der Waals surface area contributed by atoms with Gasteiger partial charge in [-0.1, -0.05) is 29.3 Å². The third-order valence-electron chi connectivity index (χ3n) is 4.49. The van der Waals surface area contributed by atoms with Gasteiger partial charge in [0.1, 0.15) is 23.4 Å². The molecule has 3 rings (SSSR count). The number of rotatable bonds is 7. The van der Waals surface area contributed by atoms with E-state index in [1.807, 2.05) is 29.9 Å². The van der Waals surface area contributed by atoms with Gasteiger partial charge in [0.15, 0.2) is 0 Å². The minimum absolute atomic E-state index is 0.309. The fraction of sp³-hybridized carbons (Fsp3) is 0.182. The molecule has 1 unspecified atom stereocenters. The minimum Gasteiger partial charge on any atom is -0.497 e. The van der Waals surface area contributed by atoms with E-state index < -0.39 is 6.04 Å². The molecule has 8 heteroatoms. The van der Waals surface area contributed by atoms with Crippen LogP contribution in [0.25, 0.3) is 6.08 Å². The van der Waals surface area contributed by atoms with Gasteiger partial charge in [0.25, 0.3) is 0 Å². The zero-order chi connectivity index (χ0) is 21.7. The Morgan fingerprint density at radius 3 is 2.40 bits per heavy atom. The van der Waals surface area contributed by atoms with Crippen molar-refractivity contribution >= 4 is 35.2 Å². The summed E-state index contributed by atoms with van der Waals surface area (Å²) >= 11 is 12.1. The molecule has 0 spiro atoms. The Morgan fingerprint density at radius 1 is 1.13 bits per heavy atom. The maximum atomic E-state index is 12.7. The predicted octanol–water partition coefficient (Wildman–Crippen LogP) is 4.66. The topological polar surface area (TPSA) is 65.4 Å². The van der Waals surface area contributed by atoms with E-state index in [-0.39, 0.29) is 5.91 Å². The fourth-order valence-corrected chi connectivity index (χ4v) is 3.41. The first-order chi connectivity index (χ1) is 14.4. The molecule has 0 radical (unpaired) electrons. The van der Waals surface area contributed by atoms with Crippen molar-refractivity contribution < 1.29 is 14.3 Å². The number of nitrogens with one attached hydrogen (secondary N) is 1. The number of nitrogens with zero attached hydrogens (tertiary/aromatic N) is 2. The van der Waals surface area contributed by atoms with E-state index in [4.69, 9.17) is 32.7 Å². The van der Waals surface area contributed by atoms with Gasteiger partial charge in [0.2, 0.25) is 5.91 Å². The fourth-order valence-electron chi connectivity index (χ4n) is 2.94. The first-order valence-corrected chi connectivity index (χ1v) is 9.80. The second-order valence-electron chi connectivity index (χ2n) is 6.48. The predicted molar refractivity (Wildman–Crippen MR) is 118 cm³/mol. The molecule has 0 fully saturated rings. The summed E-state index contributed by atoms with van der Waals surface area (Å²) in [4.78, 5) is 17.1. The number of hydrogen-bond acceptors (Lipinski definition) is 4. The number of halogens is 2. The van der Waals surface area contributed by atoms with Crippen LogP contribution in [0.5, 0.6) is 11.5 Å². The smallest absolute Gasteiger partial charge is 0.244 e. The Balaban J connectivity index is 1.91. The molecule has 0 aliphatic rings. The van der Waals surface area contributed by atoms with Crippen molar-refractivity contribution in [2.45, 2.75) is 6.04 Å². The van der Waals surface area contributed by atoms with E-state index in [1.54, 1.807) is 50.8 Å². The summed E-state index contributed by atoms with van der Waals surface area (Å²) in [7, 11) is 5.01. The zero-order valence-electron chi connectivity index (χ0n) is 16.7. The van der Waals surface area contributed by atoms with Gasteiger partial charge in [-0.25, -0.2) is 4.98 Å². The van der Waals surface area contributed by atoms with Crippen LogP contribution in [-0.2, 0) is 11.8 Å². The van der Waals surface area contributed by atoms with Crippen molar-refractivity contribution in [1.82, 2.24) is 14.9 Å². The Labute approximate surface area is 185 Å². The third kappa shape index (κ3) is 5.14. The second-order valence-corrected chi connectivity index (χ2v) is 7.33. The summed E-state index contributed by atoms with van der Waals surface area (Å²) in [6.07, 6.45) is 6.54. The largest absolute Gasteiger partial charge is 0.497 e. The summed E-state index contributed by atoms with van der Waals surface area (Å²) in [5.74, 6) is 1.58. The summed E-state index contributed by atoms with van der Waals surface area (Å²) in [5.41, 5.74) is 1.46. The van der Waals surface area contributed by atoms with Gasteiger partial charge in [-0.15, -0.1) is 0 Å². The van der Waals surface area contributed by atoms with Gasteiger partial charge in [-0.05, 0) is 41.5 Å². The van der Waals surface area contributed by atoms with Gasteiger partial charge < -0.3 is 19.4 Å². The molecule has 0 saturated carbocycles. The molecule has 1 heterocycles. The highest BCUT2D eigenvalue weighted by Gasteiger charge is 2.21. The molecule has 6 nitrogen and oxygen atoms in total.